The van der Waals surface area contributed by atoms with Gasteiger partial charge in [-0.3, -0.25) is 0 Å². The van der Waals surface area contributed by atoms with Crippen molar-refractivity contribution in [1.82, 2.24) is 24.5 Å². The van der Waals surface area contributed by atoms with Crippen LogP contribution in [0.5, 0.6) is 0 Å². The van der Waals surface area contributed by atoms with Crippen LogP contribution < -0.4 is 9.62 Å². The van der Waals surface area contributed by atoms with Gasteiger partial charge in [-0.2, -0.15) is 0 Å². The van der Waals surface area contributed by atoms with Crippen LogP contribution in [0.15, 0.2) is 29.4 Å². The maximum absolute atomic E-state index is 12.9. The van der Waals surface area contributed by atoms with E-state index in [1.807, 2.05) is 18.4 Å². The third-order valence-corrected chi connectivity index (χ3v) is 8.08. The first-order chi connectivity index (χ1) is 15.2. The smallest absolute Gasteiger partial charge is 0.241 e. The van der Waals surface area contributed by atoms with Crippen LogP contribution in [-0.4, -0.2) is 54.0 Å². The minimum atomic E-state index is -3.70. The fraction of sp³-hybridized carbons (Fsp3) is 0.571. The van der Waals surface area contributed by atoms with Crippen LogP contribution in [0.3, 0.4) is 0 Å². The van der Waals surface area contributed by atoms with Crippen molar-refractivity contribution in [3.05, 3.63) is 30.4 Å². The summed E-state index contributed by atoms with van der Waals surface area (Å²) >= 11 is 1.52. The summed E-state index contributed by atoms with van der Waals surface area (Å²) in [6.45, 7) is 10.8. The van der Waals surface area contributed by atoms with Gasteiger partial charge in [0.15, 0.2) is 5.13 Å². The maximum atomic E-state index is 12.9. The number of nitrogens with zero attached hydrogens (tertiary/aromatic N) is 5. The van der Waals surface area contributed by atoms with Gasteiger partial charge >= 0.3 is 0 Å². The van der Waals surface area contributed by atoms with Crippen molar-refractivity contribution in [1.29, 1.82) is 0 Å². The number of aromatic nitrogens is 4. The highest BCUT2D eigenvalue weighted by Crippen LogP contribution is 2.32. The lowest BCUT2D eigenvalue weighted by molar-refractivity contribution is 0.0376. The molecule has 0 aliphatic carbocycles. The summed E-state index contributed by atoms with van der Waals surface area (Å²) in [7, 11) is -3.70. The predicted octanol–water partition coefficient (Wildman–Crippen LogP) is 3.20. The van der Waals surface area contributed by atoms with Crippen molar-refractivity contribution in [2.24, 2.45) is 5.92 Å². The molecule has 1 aliphatic rings. The summed E-state index contributed by atoms with van der Waals surface area (Å²) in [6.07, 6.45) is 2.72. The topological polar surface area (TPSA) is 102 Å². The van der Waals surface area contributed by atoms with Gasteiger partial charge in [-0.25, -0.2) is 18.1 Å². The van der Waals surface area contributed by atoms with Crippen LogP contribution in [0.1, 0.15) is 46.0 Å². The van der Waals surface area contributed by atoms with Crippen LogP contribution in [0.25, 0.3) is 10.2 Å². The lowest BCUT2D eigenvalue weighted by Crippen LogP contribution is -2.34. The number of hydrogen-bond donors (Lipinski definition) is 1. The molecule has 1 aromatic carbocycles. The molecule has 1 atom stereocenters. The molecule has 1 aliphatic heterocycles. The Balaban J connectivity index is 1.53. The number of ether oxygens (including phenoxy) is 1. The largest absolute Gasteiger partial charge is 0.376 e. The average Bonchev–Trinajstić information content (AvgIpc) is 3.32. The summed E-state index contributed by atoms with van der Waals surface area (Å²) < 4.78 is 37.1. The maximum Gasteiger partial charge on any atom is 0.241 e. The van der Waals surface area contributed by atoms with E-state index in [1.165, 1.54) is 11.3 Å². The van der Waals surface area contributed by atoms with Gasteiger partial charge in [-0.05, 0) is 44.4 Å². The number of fused-ring (bicyclic) bond motifs is 1. The Hall–Kier alpha value is -2.08. The van der Waals surface area contributed by atoms with Crippen LogP contribution in [0, 0.1) is 5.92 Å². The predicted molar refractivity (Wildman–Crippen MR) is 125 cm³/mol. The van der Waals surface area contributed by atoms with Gasteiger partial charge in [0.1, 0.15) is 12.2 Å². The molecule has 2 aromatic heterocycles. The van der Waals surface area contributed by atoms with E-state index in [-0.39, 0.29) is 23.6 Å². The first-order valence-electron chi connectivity index (χ1n) is 10.9. The second-order valence-corrected chi connectivity index (χ2v) is 11.4. The molecule has 0 amide bonds. The van der Waals surface area contributed by atoms with E-state index in [1.54, 1.807) is 24.5 Å². The summed E-state index contributed by atoms with van der Waals surface area (Å²) in [6, 6.07) is 5.22. The first-order valence-corrected chi connectivity index (χ1v) is 13.2. The molecule has 11 heteroatoms. The molecule has 0 saturated carbocycles. The zero-order valence-corrected chi connectivity index (χ0v) is 20.5. The van der Waals surface area contributed by atoms with Crippen molar-refractivity contribution >= 4 is 36.7 Å². The number of rotatable bonds is 7. The molecule has 1 saturated heterocycles. The molecule has 3 aromatic rings. The van der Waals surface area contributed by atoms with Crippen molar-refractivity contribution in [3.63, 3.8) is 0 Å². The van der Waals surface area contributed by atoms with Crippen LogP contribution in [-0.2, 0) is 21.3 Å². The Morgan fingerprint density at radius 3 is 2.84 bits per heavy atom. The molecule has 1 unspecified atom stereocenters. The van der Waals surface area contributed by atoms with Gasteiger partial charge in [0.2, 0.25) is 10.0 Å². The fourth-order valence-corrected chi connectivity index (χ4v) is 5.81. The Morgan fingerprint density at radius 2 is 2.09 bits per heavy atom. The van der Waals surface area contributed by atoms with E-state index in [9.17, 15) is 8.42 Å². The lowest BCUT2D eigenvalue weighted by Gasteiger charge is -2.25. The Kier molecular flexibility index (Phi) is 6.80. The lowest BCUT2D eigenvalue weighted by atomic mass is 10.1. The van der Waals surface area contributed by atoms with Crippen molar-refractivity contribution < 1.29 is 13.2 Å². The zero-order chi connectivity index (χ0) is 22.9. The van der Waals surface area contributed by atoms with Crippen LogP contribution in [0.2, 0.25) is 0 Å². The van der Waals surface area contributed by atoms with Gasteiger partial charge < -0.3 is 14.2 Å². The second-order valence-electron chi connectivity index (χ2n) is 8.65. The van der Waals surface area contributed by atoms with Gasteiger partial charge in [0, 0.05) is 25.7 Å². The van der Waals surface area contributed by atoms with Crippen LogP contribution >= 0.6 is 11.3 Å². The highest BCUT2D eigenvalue weighted by Gasteiger charge is 2.24. The summed E-state index contributed by atoms with van der Waals surface area (Å²) in [5, 5.41) is 8.82. The number of nitrogens with one attached hydrogen (secondary N) is 1. The minimum Gasteiger partial charge on any atom is -0.376 e. The number of hydrogen-bond acceptors (Lipinski definition) is 8. The van der Waals surface area contributed by atoms with E-state index in [2.05, 4.69) is 33.7 Å². The monoisotopic (exact) mass is 478 g/mol. The average molecular weight is 479 g/mol. The van der Waals surface area contributed by atoms with E-state index >= 15 is 0 Å². The van der Waals surface area contributed by atoms with Gasteiger partial charge in [0.25, 0.3) is 0 Å². The highest BCUT2D eigenvalue weighted by molar-refractivity contribution is 7.89. The quantitative estimate of drug-likeness (QED) is 0.556. The normalized spacial score (nSPS) is 18.1. The molecule has 0 spiro atoms. The highest BCUT2D eigenvalue weighted by atomic mass is 32.2. The van der Waals surface area contributed by atoms with Crippen molar-refractivity contribution in [2.45, 2.75) is 57.7 Å². The fourth-order valence-electron chi connectivity index (χ4n) is 3.69. The standard InChI is InChI=1S/C21H30N6O3S2/c1-14(2)18-12-26(8-5-9-30-18)21-24-17-7-6-16(10-19(17)31-21)32(28,29)23-11-20-25-22-13-27(20)15(3)4/h6-7,10,13-15,18,23H,5,8-9,11-12H2,1-4H3. The number of sulfonamides is 1. The van der Waals surface area contributed by atoms with E-state index in [4.69, 9.17) is 9.72 Å². The van der Waals surface area contributed by atoms with Gasteiger partial charge in [-0.15, -0.1) is 10.2 Å². The molecule has 3 heterocycles. The van der Waals surface area contributed by atoms with E-state index in [0.717, 1.165) is 41.5 Å². The first kappa shape index (κ1) is 23.1. The molecule has 1 fully saturated rings. The van der Waals surface area contributed by atoms with Crippen LogP contribution in [0.4, 0.5) is 5.13 Å². The second kappa shape index (κ2) is 9.42. The molecule has 32 heavy (non-hydrogen) atoms. The van der Waals surface area contributed by atoms with Crippen molar-refractivity contribution in [2.75, 3.05) is 24.6 Å². The molecular formula is C21H30N6O3S2. The third-order valence-electron chi connectivity index (χ3n) is 5.60. The summed E-state index contributed by atoms with van der Waals surface area (Å²) in [5.41, 5.74) is 0.801. The Labute approximate surface area is 192 Å². The number of benzene rings is 1. The molecule has 0 radical (unpaired) electrons. The Morgan fingerprint density at radius 1 is 1.28 bits per heavy atom. The number of thiazole rings is 1. The van der Waals surface area contributed by atoms with E-state index in [0.29, 0.717) is 11.7 Å². The third kappa shape index (κ3) is 4.95. The molecule has 9 nitrogen and oxygen atoms in total. The zero-order valence-electron chi connectivity index (χ0n) is 18.9. The minimum absolute atomic E-state index is 0.0802. The Bertz CT molecular complexity index is 1170. The molecule has 0 bridgehead atoms. The summed E-state index contributed by atoms with van der Waals surface area (Å²) in [5.74, 6) is 1.00. The SMILES string of the molecule is CC(C)C1CN(c2nc3ccc(S(=O)(=O)NCc4nncn4C(C)C)cc3s2)CCCO1. The van der Waals surface area contributed by atoms with Crippen molar-refractivity contribution in [3.8, 4) is 0 Å². The number of anilines is 1. The van der Waals surface area contributed by atoms with Gasteiger partial charge in [-0.1, -0.05) is 25.2 Å². The van der Waals surface area contributed by atoms with E-state index < -0.39 is 10.0 Å². The van der Waals surface area contributed by atoms with Gasteiger partial charge in [0.05, 0.1) is 27.8 Å². The molecule has 4 rings (SSSR count). The summed E-state index contributed by atoms with van der Waals surface area (Å²) in [4.78, 5) is 7.24. The molecule has 1 N–H and O–H groups in total. The molecular weight excluding hydrogens is 448 g/mol. The molecule has 174 valence electrons.